The van der Waals surface area contributed by atoms with Crippen molar-refractivity contribution < 1.29 is 9.53 Å². The molecule has 2 saturated carbocycles. The minimum absolute atomic E-state index is 0.190. The topological polar surface area (TPSA) is 26.3 Å². The van der Waals surface area contributed by atoms with E-state index in [2.05, 4.69) is 0 Å². The molecule has 13 heavy (non-hydrogen) atoms. The Kier molecular flexibility index (Phi) is 2.41. The number of Topliss-reactive ketones (excluding diaryl/α,β-unsaturated/α-hetero) is 1. The predicted octanol–water partition coefficient (Wildman–Crippen LogP) is 2.03. The Morgan fingerprint density at radius 3 is 2.62 bits per heavy atom. The molecule has 0 aromatic heterocycles. The molecule has 0 amide bonds. The van der Waals surface area contributed by atoms with E-state index >= 15 is 0 Å². The third-order valence-corrected chi connectivity index (χ3v) is 3.86. The van der Waals surface area contributed by atoms with E-state index in [-0.39, 0.29) is 6.10 Å². The van der Waals surface area contributed by atoms with Crippen molar-refractivity contribution in [3.63, 3.8) is 0 Å². The number of hydrogen-bond acceptors (Lipinski definition) is 2. The second kappa shape index (κ2) is 3.41. The largest absolute Gasteiger partial charge is 0.374 e. The summed E-state index contributed by atoms with van der Waals surface area (Å²) in [4.78, 5) is 11.8. The van der Waals surface area contributed by atoms with Crippen molar-refractivity contribution >= 4 is 5.78 Å². The second-order valence-corrected chi connectivity index (χ2v) is 4.56. The van der Waals surface area contributed by atoms with Crippen LogP contribution < -0.4 is 0 Å². The highest BCUT2D eigenvalue weighted by Crippen LogP contribution is 2.48. The fraction of sp³-hybridized carbons (Fsp3) is 0.909. The SMILES string of the molecule is COC(C)C(=O)C1CC2CCC1C2. The van der Waals surface area contributed by atoms with Gasteiger partial charge in [0.15, 0.2) is 5.78 Å². The lowest BCUT2D eigenvalue weighted by Crippen LogP contribution is -2.30. The predicted molar refractivity (Wildman–Crippen MR) is 50.4 cm³/mol. The van der Waals surface area contributed by atoms with E-state index in [1.54, 1.807) is 7.11 Å². The van der Waals surface area contributed by atoms with E-state index < -0.39 is 0 Å². The van der Waals surface area contributed by atoms with Crippen LogP contribution in [0.5, 0.6) is 0 Å². The highest BCUT2D eigenvalue weighted by molar-refractivity contribution is 5.85. The van der Waals surface area contributed by atoms with Gasteiger partial charge in [0, 0.05) is 13.0 Å². The zero-order chi connectivity index (χ0) is 9.42. The fourth-order valence-corrected chi connectivity index (χ4v) is 3.01. The molecule has 2 aliphatic carbocycles. The number of methoxy groups -OCH3 is 1. The maximum Gasteiger partial charge on any atom is 0.164 e. The van der Waals surface area contributed by atoms with E-state index in [0.717, 1.165) is 12.3 Å². The van der Waals surface area contributed by atoms with Gasteiger partial charge in [0.1, 0.15) is 6.10 Å². The summed E-state index contributed by atoms with van der Waals surface area (Å²) in [5, 5.41) is 0. The van der Waals surface area contributed by atoms with Gasteiger partial charge >= 0.3 is 0 Å². The normalized spacial score (nSPS) is 39.4. The molecule has 0 radical (unpaired) electrons. The van der Waals surface area contributed by atoms with Crippen LogP contribution >= 0.6 is 0 Å². The van der Waals surface area contributed by atoms with Crippen molar-refractivity contribution in [1.29, 1.82) is 0 Å². The molecule has 4 atom stereocenters. The van der Waals surface area contributed by atoms with E-state index in [1.165, 1.54) is 19.3 Å². The van der Waals surface area contributed by atoms with Crippen molar-refractivity contribution in [3.05, 3.63) is 0 Å². The Morgan fingerprint density at radius 2 is 2.15 bits per heavy atom. The molecular weight excluding hydrogens is 164 g/mol. The zero-order valence-corrected chi connectivity index (χ0v) is 8.45. The molecule has 0 spiro atoms. The summed E-state index contributed by atoms with van der Waals surface area (Å²) in [5.41, 5.74) is 0. The van der Waals surface area contributed by atoms with Crippen LogP contribution in [-0.4, -0.2) is 19.0 Å². The number of carbonyl (C=O) groups is 1. The van der Waals surface area contributed by atoms with Gasteiger partial charge in [-0.2, -0.15) is 0 Å². The lowest BCUT2D eigenvalue weighted by atomic mass is 9.84. The first-order valence-corrected chi connectivity index (χ1v) is 5.29. The summed E-state index contributed by atoms with van der Waals surface area (Å²) in [6, 6.07) is 0. The van der Waals surface area contributed by atoms with Crippen LogP contribution in [0.4, 0.5) is 0 Å². The summed E-state index contributed by atoms with van der Waals surface area (Å²) in [7, 11) is 1.62. The van der Waals surface area contributed by atoms with Gasteiger partial charge < -0.3 is 4.74 Å². The van der Waals surface area contributed by atoms with Gasteiger partial charge in [0.05, 0.1) is 0 Å². The van der Waals surface area contributed by atoms with Crippen LogP contribution in [0.2, 0.25) is 0 Å². The van der Waals surface area contributed by atoms with Crippen molar-refractivity contribution in [3.8, 4) is 0 Å². The van der Waals surface area contributed by atoms with Gasteiger partial charge in [-0.3, -0.25) is 4.79 Å². The summed E-state index contributed by atoms with van der Waals surface area (Å²) < 4.78 is 5.08. The molecule has 0 saturated heterocycles. The first-order chi connectivity index (χ1) is 6.22. The molecule has 2 rings (SSSR count). The molecule has 0 heterocycles. The molecule has 2 fully saturated rings. The Labute approximate surface area is 79.7 Å². The monoisotopic (exact) mass is 182 g/mol. The third kappa shape index (κ3) is 1.52. The molecule has 0 aliphatic heterocycles. The van der Waals surface area contributed by atoms with Gasteiger partial charge in [0.25, 0.3) is 0 Å². The summed E-state index contributed by atoms with van der Waals surface area (Å²) >= 11 is 0. The fourth-order valence-electron chi connectivity index (χ4n) is 3.01. The number of fused-ring (bicyclic) bond motifs is 2. The lowest BCUT2D eigenvalue weighted by Gasteiger charge is -2.22. The smallest absolute Gasteiger partial charge is 0.164 e. The molecular formula is C11H18O2. The Bertz CT molecular complexity index is 212. The van der Waals surface area contributed by atoms with Crippen molar-refractivity contribution in [2.75, 3.05) is 7.11 Å². The number of rotatable bonds is 3. The van der Waals surface area contributed by atoms with E-state index in [0.29, 0.717) is 17.6 Å². The number of hydrogen-bond donors (Lipinski definition) is 0. The second-order valence-electron chi connectivity index (χ2n) is 4.56. The first-order valence-electron chi connectivity index (χ1n) is 5.29. The maximum absolute atomic E-state index is 11.8. The summed E-state index contributed by atoms with van der Waals surface area (Å²) in [6.07, 6.45) is 4.88. The van der Waals surface area contributed by atoms with Crippen LogP contribution in [0.3, 0.4) is 0 Å². The Balaban J connectivity index is 1.98. The van der Waals surface area contributed by atoms with Crippen LogP contribution in [0, 0.1) is 17.8 Å². The molecule has 74 valence electrons. The maximum atomic E-state index is 11.8. The van der Waals surface area contributed by atoms with Crippen LogP contribution in [0.1, 0.15) is 32.6 Å². The lowest BCUT2D eigenvalue weighted by molar-refractivity contribution is -0.133. The molecule has 2 nitrogen and oxygen atoms in total. The molecule has 2 heteroatoms. The van der Waals surface area contributed by atoms with E-state index in [9.17, 15) is 4.79 Å². The van der Waals surface area contributed by atoms with Gasteiger partial charge in [-0.05, 0) is 38.0 Å². The highest BCUT2D eigenvalue weighted by Gasteiger charge is 2.43. The molecule has 2 aliphatic rings. The average Bonchev–Trinajstić information content (AvgIpc) is 2.76. The molecule has 4 unspecified atom stereocenters. The standard InChI is InChI=1S/C11H18O2/c1-7(13-2)11(12)10-6-8-3-4-9(10)5-8/h7-10H,3-6H2,1-2H3. The van der Waals surface area contributed by atoms with Gasteiger partial charge in [-0.15, -0.1) is 0 Å². The van der Waals surface area contributed by atoms with Gasteiger partial charge in [-0.1, -0.05) is 6.42 Å². The van der Waals surface area contributed by atoms with Gasteiger partial charge in [-0.25, -0.2) is 0 Å². The van der Waals surface area contributed by atoms with E-state index in [4.69, 9.17) is 4.74 Å². The number of carbonyl (C=O) groups excluding carboxylic acids is 1. The molecule has 2 bridgehead atoms. The molecule has 0 N–H and O–H groups in total. The minimum atomic E-state index is -0.190. The number of ether oxygens (including phenoxy) is 1. The number of ketones is 1. The zero-order valence-electron chi connectivity index (χ0n) is 8.45. The highest BCUT2D eigenvalue weighted by atomic mass is 16.5. The van der Waals surface area contributed by atoms with Crippen LogP contribution in [-0.2, 0) is 9.53 Å². The Hall–Kier alpha value is -0.370. The molecule has 0 aromatic carbocycles. The first kappa shape index (κ1) is 9.20. The van der Waals surface area contributed by atoms with Crippen molar-refractivity contribution in [2.24, 2.45) is 17.8 Å². The third-order valence-electron chi connectivity index (χ3n) is 3.86. The van der Waals surface area contributed by atoms with Crippen molar-refractivity contribution in [2.45, 2.75) is 38.7 Å². The van der Waals surface area contributed by atoms with Gasteiger partial charge in [0.2, 0.25) is 0 Å². The quantitative estimate of drug-likeness (QED) is 0.667. The minimum Gasteiger partial charge on any atom is -0.374 e. The van der Waals surface area contributed by atoms with Crippen LogP contribution in [0.25, 0.3) is 0 Å². The Morgan fingerprint density at radius 1 is 1.38 bits per heavy atom. The summed E-state index contributed by atoms with van der Waals surface area (Å²) in [5.74, 6) is 2.21. The molecule has 0 aromatic rings. The van der Waals surface area contributed by atoms with Crippen LogP contribution in [0.15, 0.2) is 0 Å². The van der Waals surface area contributed by atoms with E-state index in [1.807, 2.05) is 6.92 Å². The summed E-state index contributed by atoms with van der Waals surface area (Å²) in [6.45, 7) is 1.87. The average molecular weight is 182 g/mol. The van der Waals surface area contributed by atoms with Crippen molar-refractivity contribution in [1.82, 2.24) is 0 Å².